The molecule has 6 heteroatoms. The van der Waals surface area contributed by atoms with E-state index in [0.717, 1.165) is 43.4 Å². The van der Waals surface area contributed by atoms with Crippen LogP contribution in [0.25, 0.3) is 0 Å². The van der Waals surface area contributed by atoms with E-state index in [0.29, 0.717) is 12.1 Å². The molecule has 0 bridgehead atoms. The molecule has 0 aliphatic carbocycles. The maximum Gasteiger partial charge on any atom is 0.254 e. The first-order valence-electron chi connectivity index (χ1n) is 7.90. The van der Waals surface area contributed by atoms with Gasteiger partial charge in [-0.3, -0.25) is 9.78 Å². The summed E-state index contributed by atoms with van der Waals surface area (Å²) in [4.78, 5) is 29.6. The largest absolute Gasteiger partial charge is 0.339 e. The summed E-state index contributed by atoms with van der Waals surface area (Å²) in [7, 11) is 0. The normalized spacial score (nSPS) is 15.4. The van der Waals surface area contributed by atoms with Gasteiger partial charge in [-0.2, -0.15) is 0 Å². The van der Waals surface area contributed by atoms with E-state index in [1.807, 2.05) is 24.8 Å². The summed E-state index contributed by atoms with van der Waals surface area (Å²) in [5.74, 6) is 0.830. The highest BCUT2D eigenvalue weighted by atomic mass is 16.2. The van der Waals surface area contributed by atoms with Crippen LogP contribution in [0.4, 0.5) is 5.95 Å². The Kier molecular flexibility index (Phi) is 4.50. The van der Waals surface area contributed by atoms with Gasteiger partial charge in [0.15, 0.2) is 0 Å². The van der Waals surface area contributed by atoms with E-state index in [-0.39, 0.29) is 5.91 Å². The van der Waals surface area contributed by atoms with Gasteiger partial charge in [-0.05, 0) is 38.5 Å². The maximum absolute atomic E-state index is 12.6. The van der Waals surface area contributed by atoms with Crippen LogP contribution in [0.15, 0.2) is 30.6 Å². The summed E-state index contributed by atoms with van der Waals surface area (Å²) < 4.78 is 0. The van der Waals surface area contributed by atoms with E-state index >= 15 is 0 Å². The highest BCUT2D eigenvalue weighted by Crippen LogP contribution is 2.14. The number of nitrogens with zero attached hydrogens (tertiary/aromatic N) is 5. The van der Waals surface area contributed by atoms with E-state index < -0.39 is 0 Å². The number of pyridine rings is 1. The molecule has 6 nitrogen and oxygen atoms in total. The number of carbonyl (C=O) groups excluding carboxylic acids is 1. The van der Waals surface area contributed by atoms with Crippen molar-refractivity contribution in [2.24, 2.45) is 0 Å². The molecule has 0 radical (unpaired) electrons. The fraction of sp³-hybridized carbons (Fsp3) is 0.412. The van der Waals surface area contributed by atoms with Crippen molar-refractivity contribution >= 4 is 11.9 Å². The number of aromatic nitrogens is 3. The molecule has 0 saturated carbocycles. The van der Waals surface area contributed by atoms with Gasteiger partial charge in [-0.1, -0.05) is 0 Å². The van der Waals surface area contributed by atoms with Crippen molar-refractivity contribution in [1.82, 2.24) is 19.9 Å². The second kappa shape index (κ2) is 6.73. The Morgan fingerprint density at radius 2 is 1.70 bits per heavy atom. The van der Waals surface area contributed by atoms with Crippen molar-refractivity contribution in [1.29, 1.82) is 0 Å². The van der Waals surface area contributed by atoms with Crippen molar-refractivity contribution in [2.75, 3.05) is 31.1 Å². The van der Waals surface area contributed by atoms with Crippen molar-refractivity contribution in [3.05, 3.63) is 47.5 Å². The average molecular weight is 311 g/mol. The predicted molar refractivity (Wildman–Crippen MR) is 88.5 cm³/mol. The minimum absolute atomic E-state index is 0.0654. The van der Waals surface area contributed by atoms with E-state index in [9.17, 15) is 4.79 Å². The maximum atomic E-state index is 12.6. The molecule has 120 valence electrons. The van der Waals surface area contributed by atoms with Crippen LogP contribution >= 0.6 is 0 Å². The molecule has 2 aromatic rings. The number of anilines is 1. The van der Waals surface area contributed by atoms with Crippen LogP contribution in [0.1, 0.15) is 28.2 Å². The standard InChI is InChI=1S/C17H21N5O/c1-13-12-14(2)20-17(19-13)22-9-3-8-21(10-11-22)16(23)15-4-6-18-7-5-15/h4-7,12H,3,8-11H2,1-2H3. The quantitative estimate of drug-likeness (QED) is 0.847. The van der Waals surface area contributed by atoms with Gasteiger partial charge in [0.25, 0.3) is 5.91 Å². The van der Waals surface area contributed by atoms with Gasteiger partial charge in [0.05, 0.1) is 0 Å². The molecule has 23 heavy (non-hydrogen) atoms. The van der Waals surface area contributed by atoms with E-state index in [4.69, 9.17) is 0 Å². The van der Waals surface area contributed by atoms with Crippen molar-refractivity contribution < 1.29 is 4.79 Å². The number of hydrogen-bond acceptors (Lipinski definition) is 5. The fourth-order valence-electron chi connectivity index (χ4n) is 2.85. The molecule has 0 aromatic carbocycles. The van der Waals surface area contributed by atoms with E-state index in [1.54, 1.807) is 24.5 Å². The summed E-state index contributed by atoms with van der Waals surface area (Å²) in [6, 6.07) is 5.50. The van der Waals surface area contributed by atoms with Crippen LogP contribution in [-0.4, -0.2) is 51.9 Å². The number of aryl methyl sites for hydroxylation is 2. The fourth-order valence-corrected chi connectivity index (χ4v) is 2.85. The van der Waals surface area contributed by atoms with Gasteiger partial charge in [0.1, 0.15) is 0 Å². The van der Waals surface area contributed by atoms with Gasteiger partial charge in [0, 0.05) is 55.5 Å². The zero-order valence-electron chi connectivity index (χ0n) is 13.6. The van der Waals surface area contributed by atoms with Gasteiger partial charge in [-0.25, -0.2) is 9.97 Å². The zero-order chi connectivity index (χ0) is 16.2. The molecule has 1 amide bonds. The first-order chi connectivity index (χ1) is 11.1. The summed E-state index contributed by atoms with van der Waals surface area (Å²) >= 11 is 0. The predicted octanol–water partition coefficient (Wildman–Crippen LogP) is 1.84. The summed E-state index contributed by atoms with van der Waals surface area (Å²) in [5, 5.41) is 0. The Labute approximate surface area is 136 Å². The van der Waals surface area contributed by atoms with Gasteiger partial charge in [-0.15, -0.1) is 0 Å². The van der Waals surface area contributed by atoms with Crippen LogP contribution in [0, 0.1) is 13.8 Å². The Morgan fingerprint density at radius 3 is 2.39 bits per heavy atom. The second-order valence-corrected chi connectivity index (χ2v) is 5.82. The van der Waals surface area contributed by atoms with Crippen molar-refractivity contribution in [3.63, 3.8) is 0 Å². The van der Waals surface area contributed by atoms with E-state index in [1.165, 1.54) is 0 Å². The van der Waals surface area contributed by atoms with Crippen LogP contribution in [0.3, 0.4) is 0 Å². The van der Waals surface area contributed by atoms with Crippen molar-refractivity contribution in [2.45, 2.75) is 20.3 Å². The first kappa shape index (κ1) is 15.4. The zero-order valence-corrected chi connectivity index (χ0v) is 13.6. The SMILES string of the molecule is Cc1cc(C)nc(N2CCCN(C(=O)c3ccncc3)CC2)n1. The number of rotatable bonds is 2. The molecule has 2 aromatic heterocycles. The van der Waals surface area contributed by atoms with Crippen molar-refractivity contribution in [3.8, 4) is 0 Å². The molecule has 0 N–H and O–H groups in total. The number of hydrogen-bond donors (Lipinski definition) is 0. The molecule has 3 heterocycles. The van der Waals surface area contributed by atoms with Crippen LogP contribution in [0.5, 0.6) is 0 Å². The lowest BCUT2D eigenvalue weighted by Gasteiger charge is -2.22. The number of carbonyl (C=O) groups is 1. The molecule has 1 aliphatic rings. The second-order valence-electron chi connectivity index (χ2n) is 5.82. The van der Waals surface area contributed by atoms with E-state index in [2.05, 4.69) is 19.9 Å². The minimum atomic E-state index is 0.0654. The topological polar surface area (TPSA) is 62.2 Å². The summed E-state index contributed by atoms with van der Waals surface area (Å²) in [6.45, 7) is 7.01. The average Bonchev–Trinajstić information content (AvgIpc) is 2.80. The third-order valence-electron chi connectivity index (χ3n) is 3.96. The minimum Gasteiger partial charge on any atom is -0.339 e. The Hall–Kier alpha value is -2.50. The van der Waals surface area contributed by atoms with Gasteiger partial charge in [0.2, 0.25) is 5.95 Å². The lowest BCUT2D eigenvalue weighted by molar-refractivity contribution is 0.0767. The highest BCUT2D eigenvalue weighted by Gasteiger charge is 2.21. The highest BCUT2D eigenvalue weighted by molar-refractivity contribution is 5.94. The van der Waals surface area contributed by atoms with Gasteiger partial charge < -0.3 is 9.80 Å². The molecule has 1 aliphatic heterocycles. The van der Waals surface area contributed by atoms with Crippen LogP contribution in [0.2, 0.25) is 0 Å². The third-order valence-corrected chi connectivity index (χ3v) is 3.96. The number of amides is 1. The van der Waals surface area contributed by atoms with Gasteiger partial charge >= 0.3 is 0 Å². The molecule has 1 saturated heterocycles. The lowest BCUT2D eigenvalue weighted by atomic mass is 10.2. The summed E-state index contributed by atoms with van der Waals surface area (Å²) in [5.41, 5.74) is 2.64. The summed E-state index contributed by atoms with van der Waals surface area (Å²) in [6.07, 6.45) is 4.22. The van der Waals surface area contributed by atoms with Crippen LogP contribution < -0.4 is 4.90 Å². The Morgan fingerprint density at radius 1 is 1.00 bits per heavy atom. The van der Waals surface area contributed by atoms with Crippen LogP contribution in [-0.2, 0) is 0 Å². The lowest BCUT2D eigenvalue weighted by Crippen LogP contribution is -2.35. The monoisotopic (exact) mass is 311 g/mol. The molecule has 1 fully saturated rings. The Balaban J connectivity index is 1.71. The first-order valence-corrected chi connectivity index (χ1v) is 7.90. The molecule has 0 unspecified atom stereocenters. The Bertz CT molecular complexity index is 668. The molecular formula is C17H21N5O. The molecule has 0 atom stereocenters. The molecular weight excluding hydrogens is 290 g/mol. The smallest absolute Gasteiger partial charge is 0.254 e. The molecule has 0 spiro atoms. The molecule has 3 rings (SSSR count). The third kappa shape index (κ3) is 3.64.